The number of carboxylic acid groups (broad SMARTS) is 1. The van der Waals surface area contributed by atoms with Gasteiger partial charge in [-0.2, -0.15) is 0 Å². The standard InChI is InChI=1S/C67H98O12/c1-4-7-10-13-16-19-22-25-27-29-30-32-33-36-38-41-44-47-50-53-59(68)75-56-58(77-60(69)54-51-48-45-42-39-35-24-21-18-15-12-9-6-3)57-76-67-65(63(72)62(71)64(79-67)66(73)74)78-61(70)55-52-49-46-43-40-37-34-31-28-26-23-20-17-14-11-8-5-2/h7-12,16-21,25-28,30,32,34-39,43-44,46-47,58,62-65,67,71-72H,4-6,13-15,22-24,29,31,33,40-42,45,48-57H2,1-3H3,(H,73,74)/b10-7-,11-8-,12-9-,19-16-,20-17-,21-18-,27-25-,28-26-,32-30-,37-34-,38-36-,39-35-,46-43-,47-44-. The molecule has 1 fully saturated rings. The summed E-state index contributed by atoms with van der Waals surface area (Å²) in [6.45, 7) is 5.50. The van der Waals surface area contributed by atoms with Crippen LogP contribution in [-0.2, 0) is 42.9 Å². The van der Waals surface area contributed by atoms with Gasteiger partial charge in [0.2, 0.25) is 0 Å². The van der Waals surface area contributed by atoms with E-state index in [4.69, 9.17) is 23.7 Å². The molecule has 0 radical (unpaired) electrons. The number of carbonyl (C=O) groups is 4. The molecular formula is C67H98O12. The highest BCUT2D eigenvalue weighted by molar-refractivity contribution is 5.74. The molecule has 438 valence electrons. The number of hydrogen-bond donors (Lipinski definition) is 3. The molecule has 0 aromatic rings. The first kappa shape index (κ1) is 71.1. The van der Waals surface area contributed by atoms with Crippen molar-refractivity contribution in [2.75, 3.05) is 13.2 Å². The number of carbonyl (C=O) groups excluding carboxylic acids is 3. The van der Waals surface area contributed by atoms with Crippen molar-refractivity contribution in [3.05, 3.63) is 170 Å². The molecule has 0 bridgehead atoms. The average molecular weight is 1100 g/mol. The van der Waals surface area contributed by atoms with Crippen LogP contribution in [0.25, 0.3) is 0 Å². The van der Waals surface area contributed by atoms with Crippen LogP contribution in [0.1, 0.15) is 175 Å². The van der Waals surface area contributed by atoms with Crippen LogP contribution in [0.15, 0.2) is 170 Å². The van der Waals surface area contributed by atoms with Gasteiger partial charge in [-0.25, -0.2) is 4.79 Å². The van der Waals surface area contributed by atoms with E-state index < -0.39 is 67.3 Å². The van der Waals surface area contributed by atoms with E-state index in [9.17, 15) is 34.5 Å². The molecule has 0 aromatic carbocycles. The zero-order valence-electron chi connectivity index (χ0n) is 48.0. The SMILES string of the molecule is CC/C=C\C/C=C\C/C=C\C/C=C\C/C=C\C/C=C\CCC(=O)OCC(COC1OC(C(=O)O)C(O)C(O)C1OC(=O)CCC/C=C\C/C=C\C/C=C\C/C=C\C/C=C\CC)OC(=O)CCCCC/C=C\C/C=C\C/C=C\CC. The number of ether oxygens (including phenoxy) is 5. The molecular weight excluding hydrogens is 997 g/mol. The zero-order chi connectivity index (χ0) is 57.5. The minimum Gasteiger partial charge on any atom is -0.479 e. The molecule has 0 aromatic heterocycles. The fourth-order valence-electron chi connectivity index (χ4n) is 7.44. The van der Waals surface area contributed by atoms with Gasteiger partial charge in [0.05, 0.1) is 6.61 Å². The number of allylic oxidation sites excluding steroid dienone is 28. The third kappa shape index (κ3) is 42.7. The van der Waals surface area contributed by atoms with E-state index in [1.807, 2.05) is 24.3 Å². The lowest BCUT2D eigenvalue weighted by Gasteiger charge is -2.40. The van der Waals surface area contributed by atoms with Gasteiger partial charge in [-0.3, -0.25) is 14.4 Å². The molecule has 1 rings (SSSR count). The summed E-state index contributed by atoms with van der Waals surface area (Å²) < 4.78 is 28.2. The Morgan fingerprint density at radius 1 is 0.418 bits per heavy atom. The fraction of sp³-hybridized carbons (Fsp3) is 0.522. The smallest absolute Gasteiger partial charge is 0.335 e. The van der Waals surface area contributed by atoms with Gasteiger partial charge in [0.15, 0.2) is 24.6 Å². The van der Waals surface area contributed by atoms with Gasteiger partial charge in [0.25, 0.3) is 0 Å². The van der Waals surface area contributed by atoms with Crippen LogP contribution >= 0.6 is 0 Å². The van der Waals surface area contributed by atoms with Crippen molar-refractivity contribution in [3.8, 4) is 0 Å². The topological polar surface area (TPSA) is 175 Å². The first-order valence-electron chi connectivity index (χ1n) is 29.1. The lowest BCUT2D eigenvalue weighted by Crippen LogP contribution is -2.61. The average Bonchev–Trinajstić information content (AvgIpc) is 3.47. The number of esters is 3. The molecule has 0 spiro atoms. The molecule has 0 amide bonds. The van der Waals surface area contributed by atoms with Crippen LogP contribution in [0.4, 0.5) is 0 Å². The lowest BCUT2D eigenvalue weighted by molar-refractivity contribution is -0.301. The van der Waals surface area contributed by atoms with Gasteiger partial charge >= 0.3 is 23.9 Å². The van der Waals surface area contributed by atoms with Gasteiger partial charge in [0.1, 0.15) is 18.8 Å². The maximum absolute atomic E-state index is 13.1. The van der Waals surface area contributed by atoms with Crippen LogP contribution in [0.3, 0.4) is 0 Å². The Kier molecular flexibility index (Phi) is 47.5. The summed E-state index contributed by atoms with van der Waals surface area (Å²) in [5.41, 5.74) is 0. The Hall–Kier alpha value is -5.92. The minimum atomic E-state index is -1.95. The summed E-state index contributed by atoms with van der Waals surface area (Å²) in [4.78, 5) is 51.1. The molecule has 1 saturated heterocycles. The van der Waals surface area contributed by atoms with Gasteiger partial charge in [0, 0.05) is 19.3 Å². The molecule has 3 N–H and O–H groups in total. The van der Waals surface area contributed by atoms with Gasteiger partial charge in [-0.05, 0) is 128 Å². The Morgan fingerprint density at radius 3 is 1.22 bits per heavy atom. The largest absolute Gasteiger partial charge is 0.479 e. The predicted molar refractivity (Wildman–Crippen MR) is 321 cm³/mol. The Morgan fingerprint density at radius 2 is 0.797 bits per heavy atom. The van der Waals surface area contributed by atoms with Crippen molar-refractivity contribution in [2.24, 2.45) is 0 Å². The maximum atomic E-state index is 13.1. The van der Waals surface area contributed by atoms with Crippen molar-refractivity contribution < 1.29 is 58.2 Å². The second-order valence-corrected chi connectivity index (χ2v) is 18.8. The second kappa shape index (κ2) is 52.8. The van der Waals surface area contributed by atoms with E-state index in [2.05, 4.69) is 167 Å². The van der Waals surface area contributed by atoms with Crippen molar-refractivity contribution in [1.82, 2.24) is 0 Å². The number of rotatable bonds is 46. The van der Waals surface area contributed by atoms with Gasteiger partial charge in [-0.15, -0.1) is 0 Å². The first-order chi connectivity index (χ1) is 38.6. The van der Waals surface area contributed by atoms with E-state index in [1.165, 1.54) is 0 Å². The summed E-state index contributed by atoms with van der Waals surface area (Å²) in [5.74, 6) is -3.39. The highest BCUT2D eigenvalue weighted by Gasteiger charge is 2.50. The number of unbranched alkanes of at least 4 members (excludes halogenated alkanes) is 4. The quantitative estimate of drug-likeness (QED) is 0.0228. The summed E-state index contributed by atoms with van der Waals surface area (Å²) in [7, 11) is 0. The molecule has 1 aliphatic heterocycles. The highest BCUT2D eigenvalue weighted by atomic mass is 16.7. The van der Waals surface area contributed by atoms with Gasteiger partial charge < -0.3 is 39.0 Å². The summed E-state index contributed by atoms with van der Waals surface area (Å²) in [6, 6.07) is 0. The van der Waals surface area contributed by atoms with Gasteiger partial charge in [-0.1, -0.05) is 197 Å². The number of aliphatic hydroxyl groups excluding tert-OH is 2. The second-order valence-electron chi connectivity index (χ2n) is 18.8. The molecule has 6 unspecified atom stereocenters. The molecule has 1 aliphatic rings. The van der Waals surface area contributed by atoms with Crippen LogP contribution in [0, 0.1) is 0 Å². The zero-order valence-corrected chi connectivity index (χ0v) is 48.0. The first-order valence-corrected chi connectivity index (χ1v) is 29.1. The monoisotopic (exact) mass is 1090 g/mol. The molecule has 6 atom stereocenters. The lowest BCUT2D eigenvalue weighted by atomic mass is 9.98. The molecule has 12 nitrogen and oxygen atoms in total. The summed E-state index contributed by atoms with van der Waals surface area (Å²) in [6.07, 6.45) is 66.3. The van der Waals surface area contributed by atoms with E-state index in [1.54, 1.807) is 0 Å². The van der Waals surface area contributed by atoms with Crippen LogP contribution < -0.4 is 0 Å². The van der Waals surface area contributed by atoms with Crippen molar-refractivity contribution in [1.29, 1.82) is 0 Å². The van der Waals surface area contributed by atoms with Crippen LogP contribution in [0.2, 0.25) is 0 Å². The van der Waals surface area contributed by atoms with Crippen molar-refractivity contribution in [3.63, 3.8) is 0 Å². The van der Waals surface area contributed by atoms with Crippen molar-refractivity contribution in [2.45, 2.75) is 212 Å². The highest BCUT2D eigenvalue weighted by Crippen LogP contribution is 2.26. The number of aliphatic hydroxyl groups is 2. The Labute approximate surface area is 475 Å². The van der Waals surface area contributed by atoms with Crippen molar-refractivity contribution >= 4 is 23.9 Å². The third-order valence-corrected chi connectivity index (χ3v) is 11.8. The number of aliphatic carboxylic acids is 1. The fourth-order valence-corrected chi connectivity index (χ4v) is 7.44. The van der Waals surface area contributed by atoms with E-state index in [-0.39, 0.29) is 25.9 Å². The van der Waals surface area contributed by atoms with Crippen LogP contribution in [-0.4, -0.2) is 89.2 Å². The predicted octanol–water partition coefficient (Wildman–Crippen LogP) is 15.1. The minimum absolute atomic E-state index is 0.0394. The van der Waals surface area contributed by atoms with E-state index in [0.29, 0.717) is 32.1 Å². The molecule has 0 aliphatic carbocycles. The van der Waals surface area contributed by atoms with E-state index in [0.717, 1.165) is 103 Å². The summed E-state index contributed by atoms with van der Waals surface area (Å²) in [5, 5.41) is 31.5. The molecule has 0 saturated carbocycles. The van der Waals surface area contributed by atoms with E-state index >= 15 is 0 Å². The summed E-state index contributed by atoms with van der Waals surface area (Å²) >= 11 is 0. The normalized spacial score (nSPS) is 19.1. The number of carboxylic acids is 1. The molecule has 79 heavy (non-hydrogen) atoms. The number of hydrogen-bond acceptors (Lipinski definition) is 11. The molecule has 12 heteroatoms. The Balaban J connectivity index is 2.80. The molecule has 1 heterocycles. The van der Waals surface area contributed by atoms with Crippen LogP contribution in [0.5, 0.6) is 0 Å². The maximum Gasteiger partial charge on any atom is 0.335 e. The third-order valence-electron chi connectivity index (χ3n) is 11.8. The Bertz CT molecular complexity index is 2020.